The number of rotatable bonds is 4. The Kier molecular flexibility index (Phi) is 3.32. The highest BCUT2D eigenvalue weighted by Crippen LogP contribution is 2.29. The number of carbonyl (C=O) groups is 1. The zero-order valence-corrected chi connectivity index (χ0v) is 9.65. The molecular formula is C11H16O2S. The molecule has 2 nitrogen and oxygen atoms in total. The fraction of sp³-hybridized carbons (Fsp3) is 0.545. The van der Waals surface area contributed by atoms with E-state index in [-0.39, 0.29) is 5.41 Å². The third kappa shape index (κ3) is 2.58. The first-order valence-corrected chi connectivity index (χ1v) is 5.64. The third-order valence-corrected chi connectivity index (χ3v) is 3.51. The molecule has 0 fully saturated rings. The summed E-state index contributed by atoms with van der Waals surface area (Å²) in [6.07, 6.45) is 1.90. The van der Waals surface area contributed by atoms with Gasteiger partial charge in [-0.2, -0.15) is 0 Å². The maximum absolute atomic E-state index is 10.9. The van der Waals surface area contributed by atoms with E-state index in [0.717, 1.165) is 18.4 Å². The lowest BCUT2D eigenvalue weighted by Gasteiger charge is -2.22. The van der Waals surface area contributed by atoms with E-state index in [4.69, 9.17) is 5.11 Å². The predicted molar refractivity (Wildman–Crippen MR) is 59.1 cm³/mol. The number of aromatic carboxylic acids is 1. The molecule has 0 saturated heterocycles. The molecule has 0 aliphatic heterocycles. The molecule has 0 amide bonds. The summed E-state index contributed by atoms with van der Waals surface area (Å²) in [7, 11) is 0. The van der Waals surface area contributed by atoms with Crippen LogP contribution in [0.4, 0.5) is 0 Å². The largest absolute Gasteiger partial charge is 0.477 e. The van der Waals surface area contributed by atoms with Crippen LogP contribution in [-0.4, -0.2) is 11.1 Å². The summed E-state index contributed by atoms with van der Waals surface area (Å²) in [5.41, 5.74) is 1.15. The highest BCUT2D eigenvalue weighted by molar-refractivity contribution is 7.12. The first kappa shape index (κ1) is 11.2. The predicted octanol–water partition coefficient (Wildman–Crippen LogP) is 3.43. The Balaban J connectivity index is 2.86. The van der Waals surface area contributed by atoms with E-state index < -0.39 is 5.97 Å². The quantitative estimate of drug-likeness (QED) is 0.830. The van der Waals surface area contributed by atoms with Gasteiger partial charge in [0.2, 0.25) is 0 Å². The van der Waals surface area contributed by atoms with Gasteiger partial charge in [-0.25, -0.2) is 4.79 Å². The second kappa shape index (κ2) is 4.13. The van der Waals surface area contributed by atoms with Crippen molar-refractivity contribution in [3.8, 4) is 0 Å². The van der Waals surface area contributed by atoms with E-state index in [2.05, 4.69) is 20.8 Å². The van der Waals surface area contributed by atoms with Crippen LogP contribution in [-0.2, 0) is 6.42 Å². The number of carboxylic acid groups (broad SMARTS) is 1. The van der Waals surface area contributed by atoms with E-state index in [1.165, 1.54) is 11.3 Å². The van der Waals surface area contributed by atoms with Crippen LogP contribution in [0.3, 0.4) is 0 Å². The molecule has 1 heterocycles. The van der Waals surface area contributed by atoms with Crippen molar-refractivity contribution in [1.82, 2.24) is 0 Å². The average molecular weight is 212 g/mol. The number of hydrogen-bond donors (Lipinski definition) is 1. The lowest BCUT2D eigenvalue weighted by molar-refractivity contribution is 0.0700. The Morgan fingerprint density at radius 3 is 2.71 bits per heavy atom. The van der Waals surface area contributed by atoms with Gasteiger partial charge in [0.1, 0.15) is 4.88 Å². The Morgan fingerprint density at radius 1 is 1.57 bits per heavy atom. The van der Waals surface area contributed by atoms with Gasteiger partial charge in [-0.05, 0) is 28.8 Å². The SMILES string of the molecule is CCC(C)(C)Cc1ccsc1C(=O)O. The molecular weight excluding hydrogens is 196 g/mol. The topological polar surface area (TPSA) is 37.3 Å². The molecule has 1 N–H and O–H groups in total. The van der Waals surface area contributed by atoms with Crippen molar-refractivity contribution in [2.24, 2.45) is 5.41 Å². The Bertz CT molecular complexity index is 326. The molecule has 0 spiro atoms. The molecule has 0 atom stereocenters. The zero-order valence-electron chi connectivity index (χ0n) is 8.83. The summed E-state index contributed by atoms with van der Waals surface area (Å²) in [5, 5.41) is 10.8. The molecule has 1 aromatic rings. The molecule has 0 bridgehead atoms. The van der Waals surface area contributed by atoms with Gasteiger partial charge in [0, 0.05) is 0 Å². The van der Waals surface area contributed by atoms with Gasteiger partial charge in [0.15, 0.2) is 0 Å². The molecule has 0 unspecified atom stereocenters. The molecule has 1 aromatic heterocycles. The highest BCUT2D eigenvalue weighted by Gasteiger charge is 2.20. The summed E-state index contributed by atoms with van der Waals surface area (Å²) in [6, 6.07) is 1.92. The summed E-state index contributed by atoms with van der Waals surface area (Å²) in [6.45, 7) is 6.46. The van der Waals surface area contributed by atoms with Crippen molar-refractivity contribution in [2.45, 2.75) is 33.6 Å². The van der Waals surface area contributed by atoms with Crippen LogP contribution in [0.2, 0.25) is 0 Å². The average Bonchev–Trinajstić information content (AvgIpc) is 2.51. The van der Waals surface area contributed by atoms with Crippen LogP contribution in [0, 0.1) is 5.41 Å². The van der Waals surface area contributed by atoms with E-state index >= 15 is 0 Å². The van der Waals surface area contributed by atoms with E-state index in [1.54, 1.807) is 0 Å². The Morgan fingerprint density at radius 2 is 2.21 bits per heavy atom. The molecule has 0 aliphatic carbocycles. The minimum Gasteiger partial charge on any atom is -0.477 e. The number of thiophene rings is 1. The van der Waals surface area contributed by atoms with Gasteiger partial charge >= 0.3 is 5.97 Å². The number of hydrogen-bond acceptors (Lipinski definition) is 2. The summed E-state index contributed by atoms with van der Waals surface area (Å²) in [5.74, 6) is -0.804. The normalized spacial score (nSPS) is 11.6. The molecule has 0 aliphatic rings. The van der Waals surface area contributed by atoms with Crippen LogP contribution >= 0.6 is 11.3 Å². The van der Waals surface area contributed by atoms with Crippen molar-refractivity contribution in [1.29, 1.82) is 0 Å². The maximum atomic E-state index is 10.9. The first-order valence-electron chi connectivity index (χ1n) is 4.76. The van der Waals surface area contributed by atoms with Crippen LogP contribution < -0.4 is 0 Å². The zero-order chi connectivity index (χ0) is 10.8. The molecule has 0 radical (unpaired) electrons. The van der Waals surface area contributed by atoms with Crippen molar-refractivity contribution in [3.05, 3.63) is 21.9 Å². The minimum absolute atomic E-state index is 0.186. The molecule has 0 saturated carbocycles. The Labute approximate surface area is 88.6 Å². The van der Waals surface area contributed by atoms with Crippen molar-refractivity contribution in [2.75, 3.05) is 0 Å². The van der Waals surface area contributed by atoms with Gasteiger partial charge in [-0.3, -0.25) is 0 Å². The standard InChI is InChI=1S/C11H16O2S/c1-4-11(2,3)7-8-5-6-14-9(8)10(12)13/h5-6H,4,7H2,1-3H3,(H,12,13). The van der Waals surface area contributed by atoms with Crippen LogP contribution in [0.15, 0.2) is 11.4 Å². The second-order valence-electron chi connectivity index (χ2n) is 4.27. The molecule has 1 rings (SSSR count). The van der Waals surface area contributed by atoms with Gasteiger partial charge < -0.3 is 5.11 Å². The van der Waals surface area contributed by atoms with E-state index in [9.17, 15) is 4.79 Å². The lowest BCUT2D eigenvalue weighted by atomic mass is 9.83. The van der Waals surface area contributed by atoms with E-state index in [1.807, 2.05) is 11.4 Å². The monoisotopic (exact) mass is 212 g/mol. The highest BCUT2D eigenvalue weighted by atomic mass is 32.1. The van der Waals surface area contributed by atoms with Gasteiger partial charge in [-0.15, -0.1) is 11.3 Å². The van der Waals surface area contributed by atoms with Crippen LogP contribution in [0.5, 0.6) is 0 Å². The minimum atomic E-state index is -0.804. The second-order valence-corrected chi connectivity index (χ2v) is 5.19. The first-order chi connectivity index (χ1) is 6.46. The van der Waals surface area contributed by atoms with Crippen molar-refractivity contribution >= 4 is 17.3 Å². The maximum Gasteiger partial charge on any atom is 0.346 e. The summed E-state index contributed by atoms with van der Waals surface area (Å²) < 4.78 is 0. The van der Waals surface area contributed by atoms with Crippen molar-refractivity contribution < 1.29 is 9.90 Å². The molecule has 3 heteroatoms. The molecule has 14 heavy (non-hydrogen) atoms. The molecule has 0 aromatic carbocycles. The van der Waals surface area contributed by atoms with Crippen LogP contribution in [0.25, 0.3) is 0 Å². The van der Waals surface area contributed by atoms with Gasteiger partial charge in [0.25, 0.3) is 0 Å². The fourth-order valence-corrected chi connectivity index (χ4v) is 2.06. The van der Waals surface area contributed by atoms with Gasteiger partial charge in [-0.1, -0.05) is 27.2 Å². The number of carboxylic acids is 1. The molecule has 78 valence electrons. The van der Waals surface area contributed by atoms with Crippen molar-refractivity contribution in [3.63, 3.8) is 0 Å². The Hall–Kier alpha value is -0.830. The fourth-order valence-electron chi connectivity index (χ4n) is 1.30. The summed E-state index contributed by atoms with van der Waals surface area (Å²) in [4.78, 5) is 11.4. The third-order valence-electron chi connectivity index (χ3n) is 2.57. The van der Waals surface area contributed by atoms with Gasteiger partial charge in [0.05, 0.1) is 0 Å². The van der Waals surface area contributed by atoms with Crippen LogP contribution in [0.1, 0.15) is 42.4 Å². The summed E-state index contributed by atoms with van der Waals surface area (Å²) >= 11 is 1.31. The van der Waals surface area contributed by atoms with E-state index in [0.29, 0.717) is 4.88 Å². The lowest BCUT2D eigenvalue weighted by Crippen LogP contribution is -2.14. The smallest absolute Gasteiger partial charge is 0.346 e.